The maximum Gasteiger partial charge on any atom is 0.307 e. The lowest BCUT2D eigenvalue weighted by Crippen LogP contribution is -2.18. The number of methoxy groups -OCH3 is 2. The zero-order valence-corrected chi connectivity index (χ0v) is 18.3. The zero-order chi connectivity index (χ0) is 24.1. The fourth-order valence-corrected chi connectivity index (χ4v) is 3.19. The number of carbonyl (C=O) groups is 1. The minimum Gasteiger partial charge on any atom is -0.493 e. The molecule has 4 rings (SSSR count). The van der Waals surface area contributed by atoms with Gasteiger partial charge in [-0.25, -0.2) is 0 Å². The van der Waals surface area contributed by atoms with Crippen molar-refractivity contribution in [1.29, 1.82) is 0 Å². The van der Waals surface area contributed by atoms with Gasteiger partial charge in [0.2, 0.25) is 17.6 Å². The predicted octanol–water partition coefficient (Wildman–Crippen LogP) is 3.09. The molecule has 0 aliphatic carbocycles. The maximum absolute atomic E-state index is 12.2. The second-order valence-electron chi connectivity index (χ2n) is 7.16. The zero-order valence-electron chi connectivity index (χ0n) is 18.3. The van der Waals surface area contributed by atoms with Crippen molar-refractivity contribution in [2.75, 3.05) is 19.5 Å². The van der Waals surface area contributed by atoms with Gasteiger partial charge in [0, 0.05) is 11.3 Å². The van der Waals surface area contributed by atoms with Gasteiger partial charge in [-0.15, -0.1) is 0 Å². The molecule has 0 fully saturated rings. The second-order valence-corrected chi connectivity index (χ2v) is 7.16. The molecule has 174 valence electrons. The molecule has 0 aliphatic rings. The van der Waals surface area contributed by atoms with Crippen LogP contribution in [0.5, 0.6) is 11.5 Å². The monoisotopic (exact) mass is 464 g/mol. The Hall–Kier alpha value is -4.74. The average Bonchev–Trinajstić information content (AvgIpc) is 3.49. The number of carbonyl (C=O) groups excluding carboxylic acids is 1. The Bertz CT molecular complexity index is 1310. The van der Waals surface area contributed by atoms with E-state index in [1.54, 1.807) is 38.5 Å². The fourth-order valence-electron chi connectivity index (χ4n) is 3.19. The van der Waals surface area contributed by atoms with E-state index < -0.39 is 4.92 Å². The van der Waals surface area contributed by atoms with Gasteiger partial charge in [-0.3, -0.25) is 19.6 Å². The summed E-state index contributed by atoms with van der Waals surface area (Å²) < 4.78 is 17.1. The lowest BCUT2D eigenvalue weighted by molar-refractivity contribution is -0.385. The van der Waals surface area contributed by atoms with Crippen molar-refractivity contribution in [3.05, 3.63) is 76.4 Å². The molecule has 4 aromatic rings. The average molecular weight is 464 g/mol. The molecule has 1 amide bonds. The summed E-state index contributed by atoms with van der Waals surface area (Å²) in [7, 11) is 3.15. The lowest BCUT2D eigenvalue weighted by atomic mass is 10.1. The Kier molecular flexibility index (Phi) is 6.48. The van der Waals surface area contributed by atoms with Crippen molar-refractivity contribution in [3.8, 4) is 22.9 Å². The largest absolute Gasteiger partial charge is 0.493 e. The number of hydrogen-bond donors (Lipinski definition) is 1. The van der Waals surface area contributed by atoms with Gasteiger partial charge in [0.05, 0.1) is 25.6 Å². The molecular weight excluding hydrogens is 444 g/mol. The molecule has 0 unspecified atom stereocenters. The Morgan fingerprint density at radius 2 is 1.91 bits per heavy atom. The summed E-state index contributed by atoms with van der Waals surface area (Å²) in [6.45, 7) is -0.153. The summed E-state index contributed by atoms with van der Waals surface area (Å²) in [5.41, 5.74) is 2.00. The molecule has 0 radical (unpaired) electrons. The summed E-state index contributed by atoms with van der Waals surface area (Å²) in [6.07, 6.45) is 2.71. The molecule has 0 aliphatic heterocycles. The number of ether oxygens (including phenoxy) is 2. The van der Waals surface area contributed by atoms with Crippen LogP contribution in [0.4, 0.5) is 11.4 Å². The number of nitrogens with one attached hydrogen (secondary N) is 1. The van der Waals surface area contributed by atoms with E-state index in [-0.39, 0.29) is 18.1 Å². The van der Waals surface area contributed by atoms with E-state index in [9.17, 15) is 14.9 Å². The molecule has 0 bridgehead atoms. The molecule has 2 aromatic carbocycles. The van der Waals surface area contributed by atoms with Gasteiger partial charge in [-0.1, -0.05) is 11.2 Å². The molecule has 2 heterocycles. The van der Waals surface area contributed by atoms with Crippen molar-refractivity contribution < 1.29 is 23.7 Å². The third-order valence-electron chi connectivity index (χ3n) is 4.83. The number of amides is 1. The van der Waals surface area contributed by atoms with Crippen LogP contribution in [0.3, 0.4) is 0 Å². The summed E-state index contributed by atoms with van der Waals surface area (Å²) >= 11 is 0. The Balaban J connectivity index is 1.37. The van der Waals surface area contributed by atoms with E-state index in [0.717, 1.165) is 11.8 Å². The Labute approximate surface area is 193 Å². The number of anilines is 1. The topological polar surface area (TPSA) is 147 Å². The molecule has 12 heteroatoms. The van der Waals surface area contributed by atoms with E-state index in [1.165, 1.54) is 10.9 Å². The second kappa shape index (κ2) is 9.81. The van der Waals surface area contributed by atoms with E-state index in [2.05, 4.69) is 20.6 Å². The van der Waals surface area contributed by atoms with E-state index in [4.69, 9.17) is 14.0 Å². The highest BCUT2D eigenvalue weighted by Gasteiger charge is 2.13. The van der Waals surface area contributed by atoms with Gasteiger partial charge < -0.3 is 19.3 Å². The highest BCUT2D eigenvalue weighted by atomic mass is 16.6. The molecular formula is C22H20N6O6. The molecule has 0 atom stereocenters. The first-order valence-electron chi connectivity index (χ1n) is 10.1. The molecule has 1 N–H and O–H groups in total. The van der Waals surface area contributed by atoms with Crippen molar-refractivity contribution >= 4 is 17.3 Å². The third kappa shape index (κ3) is 5.18. The first-order chi connectivity index (χ1) is 16.4. The number of hydrogen-bond acceptors (Lipinski definition) is 9. The van der Waals surface area contributed by atoms with Crippen LogP contribution in [0.1, 0.15) is 11.5 Å². The molecule has 2 aromatic heterocycles. The Morgan fingerprint density at radius 3 is 2.59 bits per heavy atom. The highest BCUT2D eigenvalue weighted by Crippen LogP contribution is 2.28. The summed E-state index contributed by atoms with van der Waals surface area (Å²) in [6, 6.07) is 12.4. The van der Waals surface area contributed by atoms with Crippen LogP contribution in [0.25, 0.3) is 11.4 Å². The van der Waals surface area contributed by atoms with Crippen molar-refractivity contribution in [2.24, 2.45) is 0 Å². The number of nitrogens with zero attached hydrogens (tertiary/aromatic N) is 5. The van der Waals surface area contributed by atoms with Crippen LogP contribution < -0.4 is 14.8 Å². The normalized spacial score (nSPS) is 10.6. The van der Waals surface area contributed by atoms with E-state index in [1.807, 2.05) is 18.2 Å². The van der Waals surface area contributed by atoms with E-state index >= 15 is 0 Å². The summed E-state index contributed by atoms with van der Waals surface area (Å²) in [5, 5.41) is 21.2. The van der Waals surface area contributed by atoms with Crippen molar-refractivity contribution in [1.82, 2.24) is 19.9 Å². The predicted molar refractivity (Wildman–Crippen MR) is 120 cm³/mol. The summed E-state index contributed by atoms with van der Waals surface area (Å²) in [5.74, 6) is 1.73. The first kappa shape index (κ1) is 22.5. The minimum atomic E-state index is -0.572. The van der Waals surface area contributed by atoms with Crippen molar-refractivity contribution in [3.63, 3.8) is 0 Å². The standard InChI is InChI=1S/C22H20N6O6/c1-32-18-8-3-14(9-19(18)33-2)10-21-25-22(26-34-21)15-4-6-16(7-5-15)24-20(29)13-27-12-17(11-23-27)28(30)31/h3-9,11-12H,10,13H2,1-2H3,(H,24,29). The third-order valence-corrected chi connectivity index (χ3v) is 4.83. The molecule has 0 saturated heterocycles. The summed E-state index contributed by atoms with van der Waals surface area (Å²) in [4.78, 5) is 26.7. The van der Waals surface area contributed by atoms with Gasteiger partial charge in [-0.05, 0) is 42.0 Å². The lowest BCUT2D eigenvalue weighted by Gasteiger charge is -2.08. The molecule has 12 nitrogen and oxygen atoms in total. The number of aromatic nitrogens is 4. The minimum absolute atomic E-state index is 0.153. The van der Waals surface area contributed by atoms with Crippen LogP contribution in [0, 0.1) is 10.1 Å². The highest BCUT2D eigenvalue weighted by molar-refractivity contribution is 5.90. The number of benzene rings is 2. The smallest absolute Gasteiger partial charge is 0.307 e. The van der Waals surface area contributed by atoms with Gasteiger partial charge in [0.25, 0.3) is 0 Å². The molecule has 0 spiro atoms. The number of rotatable bonds is 9. The van der Waals surface area contributed by atoms with Crippen LogP contribution in [-0.2, 0) is 17.8 Å². The van der Waals surface area contributed by atoms with Crippen LogP contribution >= 0.6 is 0 Å². The van der Waals surface area contributed by atoms with E-state index in [0.29, 0.717) is 40.9 Å². The quantitative estimate of drug-likeness (QED) is 0.291. The van der Waals surface area contributed by atoms with Gasteiger partial charge >= 0.3 is 5.69 Å². The maximum atomic E-state index is 12.2. The number of nitro groups is 1. The molecule has 0 saturated carbocycles. The Morgan fingerprint density at radius 1 is 1.15 bits per heavy atom. The van der Waals surface area contributed by atoms with Gasteiger partial charge in [0.15, 0.2) is 11.5 Å². The molecule has 34 heavy (non-hydrogen) atoms. The van der Waals surface area contributed by atoms with Gasteiger partial charge in [0.1, 0.15) is 18.9 Å². The SMILES string of the molecule is COc1ccc(Cc2nc(-c3ccc(NC(=O)Cn4cc([N+](=O)[O-])cn4)cc3)no2)cc1OC. The van der Waals surface area contributed by atoms with Crippen LogP contribution in [0.2, 0.25) is 0 Å². The van der Waals surface area contributed by atoms with Crippen molar-refractivity contribution in [2.45, 2.75) is 13.0 Å². The van der Waals surface area contributed by atoms with Gasteiger partial charge in [-0.2, -0.15) is 10.1 Å². The van der Waals surface area contributed by atoms with Crippen LogP contribution in [0.15, 0.2) is 59.4 Å². The first-order valence-corrected chi connectivity index (χ1v) is 10.1. The van der Waals surface area contributed by atoms with Crippen LogP contribution in [-0.4, -0.2) is 45.0 Å². The fraction of sp³-hybridized carbons (Fsp3) is 0.182.